The van der Waals surface area contributed by atoms with Crippen LogP contribution in [0.15, 0.2) is 97.1 Å². The largest absolute Gasteiger partial charge is 0.508 e. The first-order valence-corrected chi connectivity index (χ1v) is 26.5. The number of ether oxygens (including phenoxy) is 1. The molecule has 412 valence electrons. The highest BCUT2D eigenvalue weighted by molar-refractivity contribution is 6.00. The molecule has 7 rings (SSSR count). The highest BCUT2D eigenvalue weighted by atomic mass is 16.5. The number of phenolic OH excluding ortho intramolecular Hbond substituents is 1. The van der Waals surface area contributed by atoms with Gasteiger partial charge in [-0.2, -0.15) is 0 Å². The van der Waals surface area contributed by atoms with Crippen LogP contribution in [0.2, 0.25) is 0 Å². The second kappa shape index (κ2) is 26.6. The summed E-state index contributed by atoms with van der Waals surface area (Å²) in [7, 11) is 0. The molecule has 11 N–H and O–H groups in total. The van der Waals surface area contributed by atoms with E-state index in [-0.39, 0.29) is 69.5 Å². The minimum atomic E-state index is -1.68. The van der Waals surface area contributed by atoms with Crippen LogP contribution >= 0.6 is 0 Å². The topological polar surface area (TPSA) is 302 Å². The molecule has 4 aromatic carbocycles. The molecule has 0 bridgehead atoms. The number of fused-ring (bicyclic) bond motifs is 2. The van der Waals surface area contributed by atoms with Crippen LogP contribution in [0.25, 0.3) is 22.3 Å². The number of nitrogens with two attached hydrogens (primary N) is 1. The molecule has 0 radical (unpaired) electrons. The Morgan fingerprint density at radius 1 is 0.701 bits per heavy atom. The monoisotopic (exact) mass is 1060 g/mol. The molecule has 3 heterocycles. The Morgan fingerprint density at radius 2 is 1.25 bits per heavy atom. The summed E-state index contributed by atoms with van der Waals surface area (Å²) >= 11 is 0. The van der Waals surface area contributed by atoms with Gasteiger partial charge in [-0.15, -0.1) is 0 Å². The van der Waals surface area contributed by atoms with Crippen molar-refractivity contribution in [1.82, 2.24) is 36.4 Å². The third-order valence-electron chi connectivity index (χ3n) is 14.3. The number of benzene rings is 4. The molecular formula is C57H72N8O12. The molecule has 3 fully saturated rings. The van der Waals surface area contributed by atoms with Crippen molar-refractivity contribution in [3.8, 4) is 33.8 Å². The van der Waals surface area contributed by atoms with Crippen LogP contribution in [0.1, 0.15) is 88.1 Å². The Morgan fingerprint density at radius 3 is 1.83 bits per heavy atom. The number of amides is 7. The van der Waals surface area contributed by atoms with E-state index in [1.54, 1.807) is 36.4 Å². The van der Waals surface area contributed by atoms with E-state index in [2.05, 4.69) is 33.5 Å². The quantitative estimate of drug-likeness (QED) is 0.0811. The van der Waals surface area contributed by atoms with Crippen molar-refractivity contribution >= 4 is 41.4 Å². The molecule has 4 aromatic rings. The van der Waals surface area contributed by atoms with Gasteiger partial charge in [-0.1, -0.05) is 80.4 Å². The van der Waals surface area contributed by atoms with Gasteiger partial charge in [-0.25, -0.2) is 0 Å². The lowest BCUT2D eigenvalue weighted by molar-refractivity contribution is -0.145. The van der Waals surface area contributed by atoms with Gasteiger partial charge in [0.1, 0.15) is 47.8 Å². The number of aliphatic hydroxyl groups excluding tert-OH is 3. The highest BCUT2D eigenvalue weighted by Gasteiger charge is 2.46. The van der Waals surface area contributed by atoms with Gasteiger partial charge >= 0.3 is 0 Å². The molecule has 1 unspecified atom stereocenters. The number of hydrogen-bond acceptors (Lipinski definition) is 13. The lowest BCUT2D eigenvalue weighted by atomic mass is 9.99. The predicted molar refractivity (Wildman–Crippen MR) is 286 cm³/mol. The lowest BCUT2D eigenvalue weighted by Gasteiger charge is -2.32. The van der Waals surface area contributed by atoms with Crippen molar-refractivity contribution in [2.45, 2.75) is 139 Å². The summed E-state index contributed by atoms with van der Waals surface area (Å²) in [5.41, 5.74) is 10.9. The fourth-order valence-corrected chi connectivity index (χ4v) is 9.92. The average molecular weight is 1060 g/mol. The molecule has 20 nitrogen and oxygen atoms in total. The van der Waals surface area contributed by atoms with Gasteiger partial charge in [0.25, 0.3) is 5.91 Å². The van der Waals surface area contributed by atoms with Crippen molar-refractivity contribution in [2.24, 2.45) is 5.73 Å². The molecule has 77 heavy (non-hydrogen) atoms. The van der Waals surface area contributed by atoms with Gasteiger partial charge in [-0.3, -0.25) is 33.6 Å². The van der Waals surface area contributed by atoms with Crippen LogP contribution in [0.4, 0.5) is 0 Å². The van der Waals surface area contributed by atoms with E-state index in [9.17, 15) is 54.0 Å². The van der Waals surface area contributed by atoms with Crippen LogP contribution in [0, 0.1) is 0 Å². The fraction of sp³-hybridized carbons (Fsp3) is 0.456. The van der Waals surface area contributed by atoms with Crippen LogP contribution < -0.4 is 37.1 Å². The Labute approximate surface area is 448 Å². The average Bonchev–Trinajstić information content (AvgIpc) is 4.06. The third-order valence-corrected chi connectivity index (χ3v) is 14.3. The molecule has 20 heteroatoms. The number of carbonyl (C=O) groups is 7. The molecule has 0 spiro atoms. The van der Waals surface area contributed by atoms with Gasteiger partial charge in [-0.05, 0) is 117 Å². The van der Waals surface area contributed by atoms with Gasteiger partial charge in [0.05, 0.1) is 24.9 Å². The van der Waals surface area contributed by atoms with Gasteiger partial charge in [0, 0.05) is 37.7 Å². The first-order valence-electron chi connectivity index (χ1n) is 26.5. The number of aromatic hydroxyl groups is 1. The van der Waals surface area contributed by atoms with E-state index in [0.717, 1.165) is 52.2 Å². The molecule has 0 aromatic heterocycles. The molecule has 0 saturated carbocycles. The summed E-state index contributed by atoms with van der Waals surface area (Å²) in [4.78, 5) is 101. The van der Waals surface area contributed by atoms with E-state index in [4.69, 9.17) is 10.5 Å². The summed E-state index contributed by atoms with van der Waals surface area (Å²) < 4.78 is 5.86. The van der Waals surface area contributed by atoms with Crippen LogP contribution in [-0.2, 0) is 35.2 Å². The number of aryl methyl sites for hydroxylation is 1. The van der Waals surface area contributed by atoms with E-state index in [1.807, 2.05) is 48.5 Å². The summed E-state index contributed by atoms with van der Waals surface area (Å²) in [6.45, 7) is 4.87. The number of nitrogens with one attached hydrogen (secondary N) is 5. The molecule has 7 amide bonds. The third kappa shape index (κ3) is 15.0. The van der Waals surface area contributed by atoms with Crippen molar-refractivity contribution in [3.05, 3.63) is 108 Å². The summed E-state index contributed by atoms with van der Waals surface area (Å²) in [5.74, 6) is -4.76. The maximum Gasteiger partial charge on any atom is 0.251 e. The molecule has 3 aliphatic heterocycles. The lowest BCUT2D eigenvalue weighted by Crippen LogP contribution is -2.61. The van der Waals surface area contributed by atoms with Crippen LogP contribution in [-0.4, -0.2) is 158 Å². The van der Waals surface area contributed by atoms with Crippen molar-refractivity contribution < 1.29 is 58.7 Å². The van der Waals surface area contributed by atoms with Crippen molar-refractivity contribution in [1.29, 1.82) is 0 Å². The van der Waals surface area contributed by atoms with Gasteiger partial charge in [0.2, 0.25) is 35.4 Å². The second-order valence-electron chi connectivity index (χ2n) is 20.3. The zero-order valence-electron chi connectivity index (χ0n) is 43.7. The number of hydrogen-bond donors (Lipinski definition) is 10. The highest BCUT2D eigenvalue weighted by Crippen LogP contribution is 2.28. The first-order chi connectivity index (χ1) is 36.9. The number of unbranched alkanes of at least 4 members (excludes halogenated alkanes) is 2. The number of aliphatic hydroxyl groups is 3. The summed E-state index contributed by atoms with van der Waals surface area (Å²) in [6, 6.07) is 19.7. The zero-order chi connectivity index (χ0) is 55.3. The SMILES string of the molecule is CCCCCOc1ccc(-c2ccc(-c3ccc(C(=O)NC4CCCNC(=O)[C@@H]5C[C@@H](N)CN5C(=O)[C@H]([C@@H](C)O)NC(=O)[C@H](CCc5ccc(O)cc5)NC(=O)[C@@H]5C[C@@H](O)CN5C(=O)[C@H]([C@@H](C)O)NC4=O)cc3)cc2)cc1. The molecular weight excluding hydrogens is 989 g/mol. The minimum absolute atomic E-state index is 0.00318. The zero-order valence-corrected chi connectivity index (χ0v) is 43.7. The fourth-order valence-electron chi connectivity index (χ4n) is 9.92. The number of rotatable bonds is 14. The summed E-state index contributed by atoms with van der Waals surface area (Å²) in [6.07, 6.45) is -1.12. The Kier molecular flexibility index (Phi) is 19.8. The number of carbonyl (C=O) groups excluding carboxylic acids is 7. The molecule has 0 aliphatic carbocycles. The van der Waals surface area contributed by atoms with E-state index in [1.165, 1.54) is 30.9 Å². The Bertz CT molecular complexity index is 2690. The molecule has 10 atom stereocenters. The standard InChI is InChI=1S/C57H72N8O12/c1-4-5-6-28-77-44-24-20-39(21-25-44)37-14-12-36(13-15-37)38-16-18-40(19-17-38)51(70)60-45-8-7-27-59-54(73)47-29-41(58)31-64(47)56(75)49(33(2)66)63-53(72)46(26-11-35-9-22-42(68)23-10-35)61-55(74)48-30-43(69)32-65(48)57(76)50(34(3)67)62-52(45)71/h9-10,12-25,33-34,41,43,45-50,66-69H,4-8,11,26-32,58H2,1-3H3,(H,59,73)(H,60,70)(H,61,74)(H,62,71)(H,63,72)/t33-,34-,41-,43-,45?,46+,47+,48+,49+,50+/m1/s1. The van der Waals surface area contributed by atoms with Gasteiger partial charge in [0.15, 0.2) is 0 Å². The Balaban J connectivity index is 1.11. The molecule has 3 aliphatic rings. The van der Waals surface area contributed by atoms with E-state index >= 15 is 0 Å². The maximum absolute atomic E-state index is 14.4. The normalized spacial score (nSPS) is 24.8. The second-order valence-corrected chi connectivity index (χ2v) is 20.3. The van der Waals surface area contributed by atoms with Crippen LogP contribution in [0.5, 0.6) is 11.5 Å². The maximum atomic E-state index is 14.4. The first kappa shape index (κ1) is 57.3. The molecule has 3 saturated heterocycles. The van der Waals surface area contributed by atoms with Crippen LogP contribution in [0.3, 0.4) is 0 Å². The number of phenols is 1. The summed E-state index contributed by atoms with van der Waals surface area (Å²) in [5, 5.41) is 56.0. The van der Waals surface area contributed by atoms with Gasteiger partial charge < -0.3 is 67.3 Å². The predicted octanol–water partition coefficient (Wildman–Crippen LogP) is 2.04. The van der Waals surface area contributed by atoms with Crippen molar-refractivity contribution in [2.75, 3.05) is 26.2 Å². The minimum Gasteiger partial charge on any atom is -0.508 e. The van der Waals surface area contributed by atoms with E-state index < -0.39 is 102 Å². The smallest absolute Gasteiger partial charge is 0.251 e. The number of nitrogens with zero attached hydrogens (tertiary/aromatic N) is 2. The van der Waals surface area contributed by atoms with E-state index in [0.29, 0.717) is 12.2 Å². The van der Waals surface area contributed by atoms with Crippen molar-refractivity contribution in [3.63, 3.8) is 0 Å². The Hall–Kier alpha value is -7.39.